The molecule has 0 aliphatic heterocycles. The zero-order chi connectivity index (χ0) is 44.3. The van der Waals surface area contributed by atoms with Gasteiger partial charge >= 0.3 is 0 Å². The van der Waals surface area contributed by atoms with Gasteiger partial charge in [0.2, 0.25) is 0 Å². The molecular weight excluding hydrogens is 811 g/mol. The van der Waals surface area contributed by atoms with Crippen molar-refractivity contribution in [2.24, 2.45) is 0 Å². The molecule has 0 spiro atoms. The molecule has 0 aliphatic carbocycles. The van der Waals surface area contributed by atoms with E-state index in [0.29, 0.717) is 0 Å². The molecule has 0 amide bonds. The average Bonchev–Trinajstić information content (AvgIpc) is 3.73. The highest BCUT2D eigenvalue weighted by molar-refractivity contribution is 6.12. The van der Waals surface area contributed by atoms with Gasteiger partial charge in [0.05, 0.1) is 11.0 Å². The summed E-state index contributed by atoms with van der Waals surface area (Å²) in [7, 11) is 0. The topological polar surface area (TPSA) is 11.4 Å². The van der Waals surface area contributed by atoms with E-state index in [1.54, 1.807) is 0 Å². The van der Waals surface area contributed by atoms with Crippen LogP contribution in [0.1, 0.15) is 0 Å². The van der Waals surface area contributed by atoms with Crippen LogP contribution in [0.5, 0.6) is 0 Å². The van der Waals surface area contributed by atoms with Crippen LogP contribution in [-0.4, -0.2) is 4.57 Å². The third-order valence-electron chi connectivity index (χ3n) is 13.4. The summed E-state index contributed by atoms with van der Waals surface area (Å²) in [4.78, 5) is 4.80. The lowest BCUT2D eigenvalue weighted by Gasteiger charge is -2.30. The number of hydrogen-bond donors (Lipinski definition) is 0. The Kier molecular flexibility index (Phi) is 9.17. The van der Waals surface area contributed by atoms with Gasteiger partial charge in [-0.25, -0.2) is 0 Å². The van der Waals surface area contributed by atoms with E-state index >= 15 is 0 Å². The number of rotatable bonds is 8. The predicted octanol–water partition coefficient (Wildman–Crippen LogP) is 18.0. The van der Waals surface area contributed by atoms with Crippen molar-refractivity contribution in [2.75, 3.05) is 9.80 Å². The summed E-state index contributed by atoms with van der Waals surface area (Å²) in [5, 5.41) is 12.3. The Hall–Kier alpha value is -8.92. The van der Waals surface area contributed by atoms with Crippen LogP contribution < -0.4 is 9.80 Å². The second-order valence-corrected chi connectivity index (χ2v) is 17.4. The summed E-state index contributed by atoms with van der Waals surface area (Å²) in [5.41, 5.74) is 12.2. The maximum Gasteiger partial charge on any atom is 0.0541 e. The standard InChI is InChI=1S/C64H43N3/c1-3-20-52(21-4-1)65(54-32-29-44-15-7-9-18-47(44)37-54)57-40-51(41-58(43-57)66(53-22-5-2-6-23-53)55-33-30-45-16-8-10-19-48(45)38-55)49-31-36-64-62(42-49)61-25-13-14-26-63(61)67(64)56-34-35-60-50(39-56)28-27-46-17-11-12-24-59(46)60/h1-43H. The Balaban J connectivity index is 1.04. The van der Waals surface area contributed by atoms with Gasteiger partial charge in [0.1, 0.15) is 0 Å². The normalized spacial score (nSPS) is 11.6. The maximum absolute atomic E-state index is 2.43. The van der Waals surface area contributed by atoms with Crippen LogP contribution in [0.25, 0.3) is 81.7 Å². The molecule has 314 valence electrons. The Morgan fingerprint density at radius 3 is 1.36 bits per heavy atom. The average molecular weight is 854 g/mol. The van der Waals surface area contributed by atoms with Crippen molar-refractivity contribution in [3.05, 3.63) is 261 Å². The van der Waals surface area contributed by atoms with Crippen molar-refractivity contribution in [3.63, 3.8) is 0 Å². The SMILES string of the molecule is c1ccc(N(c2cc(-c3ccc4c(c3)c3ccccc3n4-c3ccc4c(ccc5ccccc54)c3)cc(N(c3ccccc3)c3ccc4ccccc4c3)c2)c2ccc3ccccc3c2)cc1. The Morgan fingerprint density at radius 1 is 0.224 bits per heavy atom. The van der Waals surface area contributed by atoms with Gasteiger partial charge in [-0.15, -0.1) is 0 Å². The second-order valence-electron chi connectivity index (χ2n) is 17.4. The molecule has 1 aromatic heterocycles. The summed E-state index contributed by atoms with van der Waals surface area (Å²) >= 11 is 0. The fourth-order valence-electron chi connectivity index (χ4n) is 10.3. The first-order chi connectivity index (χ1) is 33.2. The zero-order valence-electron chi connectivity index (χ0n) is 36.7. The number of aromatic nitrogens is 1. The summed E-state index contributed by atoms with van der Waals surface area (Å²) in [6, 6.07) is 95.3. The number of hydrogen-bond acceptors (Lipinski definition) is 2. The molecule has 0 aliphatic rings. The van der Waals surface area contributed by atoms with E-state index < -0.39 is 0 Å². The molecule has 13 aromatic rings. The van der Waals surface area contributed by atoms with Crippen molar-refractivity contribution in [3.8, 4) is 16.8 Å². The molecule has 0 unspecified atom stereocenters. The molecular formula is C64H43N3. The molecule has 0 fully saturated rings. The fraction of sp³-hybridized carbons (Fsp3) is 0. The Labute approximate surface area is 389 Å². The summed E-state index contributed by atoms with van der Waals surface area (Å²) in [5.74, 6) is 0. The van der Waals surface area contributed by atoms with E-state index in [-0.39, 0.29) is 0 Å². The van der Waals surface area contributed by atoms with Crippen LogP contribution in [0.4, 0.5) is 34.1 Å². The minimum atomic E-state index is 1.06. The number of nitrogens with zero attached hydrogens (tertiary/aromatic N) is 3. The molecule has 0 radical (unpaired) electrons. The van der Waals surface area contributed by atoms with E-state index in [9.17, 15) is 0 Å². The third kappa shape index (κ3) is 6.76. The van der Waals surface area contributed by atoms with E-state index in [4.69, 9.17) is 0 Å². The van der Waals surface area contributed by atoms with Gasteiger partial charge in [0.25, 0.3) is 0 Å². The van der Waals surface area contributed by atoms with Gasteiger partial charge in [-0.05, 0) is 151 Å². The molecule has 1 heterocycles. The first kappa shape index (κ1) is 38.5. The second kappa shape index (κ2) is 16.0. The van der Waals surface area contributed by atoms with E-state index in [0.717, 1.165) is 50.9 Å². The third-order valence-corrected chi connectivity index (χ3v) is 13.4. The van der Waals surface area contributed by atoms with Crippen molar-refractivity contribution < 1.29 is 0 Å². The Morgan fingerprint density at radius 2 is 0.716 bits per heavy atom. The highest BCUT2D eigenvalue weighted by atomic mass is 15.2. The van der Waals surface area contributed by atoms with Crippen LogP contribution in [0, 0.1) is 0 Å². The monoisotopic (exact) mass is 853 g/mol. The highest BCUT2D eigenvalue weighted by Crippen LogP contribution is 2.45. The predicted molar refractivity (Wildman–Crippen MR) is 286 cm³/mol. The van der Waals surface area contributed by atoms with Crippen LogP contribution in [0.15, 0.2) is 261 Å². The van der Waals surface area contributed by atoms with Gasteiger partial charge in [-0.1, -0.05) is 164 Å². The molecule has 0 bridgehead atoms. The van der Waals surface area contributed by atoms with Crippen LogP contribution >= 0.6 is 0 Å². The van der Waals surface area contributed by atoms with Crippen molar-refractivity contribution in [1.82, 2.24) is 4.57 Å². The van der Waals surface area contributed by atoms with Crippen molar-refractivity contribution in [1.29, 1.82) is 0 Å². The molecule has 13 rings (SSSR count). The highest BCUT2D eigenvalue weighted by Gasteiger charge is 2.21. The molecule has 0 atom stereocenters. The molecule has 12 aromatic carbocycles. The first-order valence-electron chi connectivity index (χ1n) is 23.0. The molecule has 3 nitrogen and oxygen atoms in total. The first-order valence-corrected chi connectivity index (χ1v) is 23.0. The molecule has 3 heteroatoms. The summed E-state index contributed by atoms with van der Waals surface area (Å²) < 4.78 is 2.43. The van der Waals surface area contributed by atoms with Gasteiger partial charge in [0.15, 0.2) is 0 Å². The number of para-hydroxylation sites is 3. The van der Waals surface area contributed by atoms with Gasteiger partial charge in [0, 0.05) is 50.6 Å². The summed E-state index contributed by atoms with van der Waals surface area (Å²) in [6.07, 6.45) is 0. The Bertz CT molecular complexity index is 3860. The van der Waals surface area contributed by atoms with Crippen molar-refractivity contribution >= 4 is 99.0 Å². The van der Waals surface area contributed by atoms with Crippen molar-refractivity contribution in [2.45, 2.75) is 0 Å². The summed E-state index contributed by atoms with van der Waals surface area (Å²) in [6.45, 7) is 0. The van der Waals surface area contributed by atoms with Crippen LogP contribution in [0.3, 0.4) is 0 Å². The molecule has 0 saturated carbocycles. The minimum Gasteiger partial charge on any atom is -0.310 e. The number of anilines is 6. The van der Waals surface area contributed by atoms with E-state index in [1.165, 1.54) is 64.9 Å². The number of fused-ring (bicyclic) bond motifs is 8. The van der Waals surface area contributed by atoms with Crippen LogP contribution in [-0.2, 0) is 0 Å². The fourth-order valence-corrected chi connectivity index (χ4v) is 10.3. The van der Waals surface area contributed by atoms with Gasteiger partial charge in [-0.3, -0.25) is 0 Å². The van der Waals surface area contributed by atoms with Gasteiger partial charge in [-0.2, -0.15) is 0 Å². The largest absolute Gasteiger partial charge is 0.310 e. The minimum absolute atomic E-state index is 1.06. The maximum atomic E-state index is 2.43. The number of benzene rings is 12. The lowest BCUT2D eigenvalue weighted by atomic mass is 9.99. The molecule has 0 saturated heterocycles. The lowest BCUT2D eigenvalue weighted by molar-refractivity contribution is 1.19. The zero-order valence-corrected chi connectivity index (χ0v) is 36.7. The lowest BCUT2D eigenvalue weighted by Crippen LogP contribution is -2.13. The molecule has 67 heavy (non-hydrogen) atoms. The quantitative estimate of drug-likeness (QED) is 0.141. The van der Waals surface area contributed by atoms with Gasteiger partial charge < -0.3 is 14.4 Å². The smallest absolute Gasteiger partial charge is 0.0541 e. The molecule has 0 N–H and O–H groups in total. The van der Waals surface area contributed by atoms with E-state index in [1.807, 2.05) is 0 Å². The van der Waals surface area contributed by atoms with E-state index in [2.05, 4.69) is 275 Å². The van der Waals surface area contributed by atoms with Crippen LogP contribution in [0.2, 0.25) is 0 Å².